The first-order chi connectivity index (χ1) is 6.04. The highest BCUT2D eigenvalue weighted by Gasteiger charge is 2.20. The third-order valence-corrected chi connectivity index (χ3v) is 2.73. The Labute approximate surface area is 82.2 Å². The Morgan fingerprint density at radius 2 is 1.92 bits per heavy atom. The van der Waals surface area contributed by atoms with Crippen LogP contribution in [0.25, 0.3) is 0 Å². The molecule has 3 heteroatoms. The molecule has 0 unspecified atom stereocenters. The number of hydrogen-bond donors (Lipinski definition) is 1. The van der Waals surface area contributed by atoms with Gasteiger partial charge in [0.05, 0.1) is 13.2 Å². The Hall–Kier alpha value is -0.120. The van der Waals surface area contributed by atoms with E-state index in [2.05, 4.69) is 32.7 Å². The minimum Gasteiger partial charge on any atom is -0.379 e. The van der Waals surface area contributed by atoms with Gasteiger partial charge in [0.1, 0.15) is 0 Å². The Morgan fingerprint density at radius 3 is 2.38 bits per heavy atom. The van der Waals surface area contributed by atoms with Crippen molar-refractivity contribution in [3.63, 3.8) is 0 Å². The van der Waals surface area contributed by atoms with Crippen molar-refractivity contribution >= 4 is 0 Å². The van der Waals surface area contributed by atoms with Crippen LogP contribution in [0.1, 0.15) is 27.2 Å². The van der Waals surface area contributed by atoms with Gasteiger partial charge < -0.3 is 10.5 Å². The summed E-state index contributed by atoms with van der Waals surface area (Å²) in [6.45, 7) is 9.72. The molecule has 0 spiro atoms. The molecule has 0 aromatic heterocycles. The molecule has 0 saturated carbocycles. The highest BCUT2D eigenvalue weighted by molar-refractivity contribution is 4.76. The maximum Gasteiger partial charge on any atom is 0.0594 e. The van der Waals surface area contributed by atoms with Crippen LogP contribution in [-0.2, 0) is 4.74 Å². The molecular formula is C10H24N2O. The molecule has 0 bridgehead atoms. The van der Waals surface area contributed by atoms with Gasteiger partial charge in [-0.25, -0.2) is 0 Å². The molecule has 3 nitrogen and oxygen atoms in total. The molecule has 0 aromatic carbocycles. The molecule has 0 saturated heterocycles. The van der Waals surface area contributed by atoms with Gasteiger partial charge in [0.15, 0.2) is 0 Å². The van der Waals surface area contributed by atoms with Crippen molar-refractivity contribution in [2.75, 3.05) is 33.4 Å². The summed E-state index contributed by atoms with van der Waals surface area (Å²) in [6, 6.07) is 0. The smallest absolute Gasteiger partial charge is 0.0594 e. The lowest BCUT2D eigenvalue weighted by Crippen LogP contribution is -2.42. The van der Waals surface area contributed by atoms with E-state index in [-0.39, 0.29) is 5.54 Å². The first-order valence-electron chi connectivity index (χ1n) is 5.03. The van der Waals surface area contributed by atoms with Gasteiger partial charge in [-0.15, -0.1) is 0 Å². The second-order valence-corrected chi connectivity index (χ2v) is 3.99. The molecule has 0 heterocycles. The summed E-state index contributed by atoms with van der Waals surface area (Å²) in [5, 5.41) is 0. The van der Waals surface area contributed by atoms with Crippen LogP contribution in [0, 0.1) is 0 Å². The topological polar surface area (TPSA) is 38.5 Å². The minimum atomic E-state index is 0.270. The molecule has 80 valence electrons. The van der Waals surface area contributed by atoms with Gasteiger partial charge >= 0.3 is 0 Å². The van der Waals surface area contributed by atoms with Crippen LogP contribution < -0.4 is 5.73 Å². The van der Waals surface area contributed by atoms with Gasteiger partial charge in [0.25, 0.3) is 0 Å². The fourth-order valence-corrected chi connectivity index (χ4v) is 0.959. The fraction of sp³-hybridized carbons (Fsp3) is 1.00. The van der Waals surface area contributed by atoms with Gasteiger partial charge in [0, 0.05) is 18.6 Å². The number of likely N-dealkylation sites (N-methyl/N-ethyl adjacent to an activating group) is 1. The third-order valence-electron chi connectivity index (χ3n) is 2.73. The lowest BCUT2D eigenvalue weighted by molar-refractivity contribution is 0.0763. The van der Waals surface area contributed by atoms with Crippen molar-refractivity contribution in [3.8, 4) is 0 Å². The van der Waals surface area contributed by atoms with E-state index in [1.165, 1.54) is 0 Å². The van der Waals surface area contributed by atoms with Crippen molar-refractivity contribution in [2.24, 2.45) is 5.73 Å². The summed E-state index contributed by atoms with van der Waals surface area (Å²) < 4.78 is 5.33. The zero-order chi connectivity index (χ0) is 10.3. The largest absolute Gasteiger partial charge is 0.379 e. The Bertz CT molecular complexity index is 126. The predicted octanol–water partition coefficient (Wildman–Crippen LogP) is 1.08. The van der Waals surface area contributed by atoms with Crippen LogP contribution in [0.15, 0.2) is 0 Å². The molecule has 0 aliphatic heterocycles. The van der Waals surface area contributed by atoms with E-state index in [1.807, 2.05) is 0 Å². The van der Waals surface area contributed by atoms with Crippen LogP contribution in [0.2, 0.25) is 0 Å². The van der Waals surface area contributed by atoms with E-state index < -0.39 is 0 Å². The predicted molar refractivity (Wildman–Crippen MR) is 56.9 cm³/mol. The molecule has 0 aliphatic carbocycles. The van der Waals surface area contributed by atoms with E-state index >= 15 is 0 Å². The van der Waals surface area contributed by atoms with E-state index in [1.54, 1.807) is 0 Å². The van der Waals surface area contributed by atoms with Crippen molar-refractivity contribution in [1.29, 1.82) is 0 Å². The molecular weight excluding hydrogens is 164 g/mol. The zero-order valence-electron chi connectivity index (χ0n) is 9.47. The van der Waals surface area contributed by atoms with Crippen LogP contribution in [0.5, 0.6) is 0 Å². The maximum atomic E-state index is 5.33. The van der Waals surface area contributed by atoms with E-state index in [0.29, 0.717) is 13.2 Å². The van der Waals surface area contributed by atoms with Crippen LogP contribution in [-0.4, -0.2) is 43.8 Å². The molecule has 0 aliphatic rings. The van der Waals surface area contributed by atoms with E-state index in [0.717, 1.165) is 19.6 Å². The third kappa shape index (κ3) is 5.24. The van der Waals surface area contributed by atoms with Crippen molar-refractivity contribution in [3.05, 3.63) is 0 Å². The average molecular weight is 188 g/mol. The lowest BCUT2D eigenvalue weighted by atomic mass is 10.0. The first-order valence-corrected chi connectivity index (χ1v) is 5.03. The second-order valence-electron chi connectivity index (χ2n) is 3.99. The molecule has 0 fully saturated rings. The summed E-state index contributed by atoms with van der Waals surface area (Å²) in [5.74, 6) is 0. The van der Waals surface area contributed by atoms with Crippen molar-refractivity contribution in [1.82, 2.24) is 4.90 Å². The second kappa shape index (κ2) is 6.35. The van der Waals surface area contributed by atoms with Crippen LogP contribution >= 0.6 is 0 Å². The van der Waals surface area contributed by atoms with Gasteiger partial charge in [0.2, 0.25) is 0 Å². The SMILES string of the molecule is CCC(C)(C)N(C)CCOCCN. The molecule has 2 N–H and O–H groups in total. The fourth-order valence-electron chi connectivity index (χ4n) is 0.959. The first kappa shape index (κ1) is 12.9. The Balaban J connectivity index is 3.55. The van der Waals surface area contributed by atoms with Crippen molar-refractivity contribution in [2.45, 2.75) is 32.7 Å². The van der Waals surface area contributed by atoms with Gasteiger partial charge in [-0.2, -0.15) is 0 Å². The molecule has 0 amide bonds. The quantitative estimate of drug-likeness (QED) is 0.608. The Morgan fingerprint density at radius 1 is 1.31 bits per heavy atom. The van der Waals surface area contributed by atoms with Gasteiger partial charge in [-0.05, 0) is 27.3 Å². The van der Waals surface area contributed by atoms with Gasteiger partial charge in [-0.1, -0.05) is 6.92 Å². The summed E-state index contributed by atoms with van der Waals surface area (Å²) in [5.41, 5.74) is 5.59. The van der Waals surface area contributed by atoms with E-state index in [4.69, 9.17) is 10.5 Å². The molecule has 0 rings (SSSR count). The number of rotatable bonds is 7. The number of nitrogens with two attached hydrogens (primary N) is 1. The van der Waals surface area contributed by atoms with Crippen molar-refractivity contribution < 1.29 is 4.74 Å². The Kier molecular flexibility index (Phi) is 6.29. The molecule has 0 atom stereocenters. The molecule has 13 heavy (non-hydrogen) atoms. The summed E-state index contributed by atoms with van der Waals surface area (Å²) in [7, 11) is 2.13. The normalized spacial score (nSPS) is 12.5. The average Bonchev–Trinajstić information content (AvgIpc) is 2.12. The van der Waals surface area contributed by atoms with Gasteiger partial charge in [-0.3, -0.25) is 4.90 Å². The summed E-state index contributed by atoms with van der Waals surface area (Å²) in [6.07, 6.45) is 1.15. The highest BCUT2D eigenvalue weighted by atomic mass is 16.5. The van der Waals surface area contributed by atoms with E-state index in [9.17, 15) is 0 Å². The number of ether oxygens (including phenoxy) is 1. The molecule has 0 aromatic rings. The monoisotopic (exact) mass is 188 g/mol. The highest BCUT2D eigenvalue weighted by Crippen LogP contribution is 2.15. The summed E-state index contributed by atoms with van der Waals surface area (Å²) in [4.78, 5) is 2.32. The zero-order valence-corrected chi connectivity index (χ0v) is 9.47. The minimum absolute atomic E-state index is 0.270. The lowest BCUT2D eigenvalue weighted by Gasteiger charge is -2.34. The number of hydrogen-bond acceptors (Lipinski definition) is 3. The number of nitrogens with zero attached hydrogens (tertiary/aromatic N) is 1. The molecule has 0 radical (unpaired) electrons. The van der Waals surface area contributed by atoms with Crippen LogP contribution in [0.4, 0.5) is 0 Å². The maximum absolute atomic E-state index is 5.33. The summed E-state index contributed by atoms with van der Waals surface area (Å²) >= 11 is 0. The standard InChI is InChI=1S/C10H24N2O/c1-5-10(2,3)12(4)7-9-13-8-6-11/h5-9,11H2,1-4H3. The van der Waals surface area contributed by atoms with Crippen LogP contribution in [0.3, 0.4) is 0 Å².